The minimum Gasteiger partial charge on any atom is -0.387 e. The molecule has 6 rings (SSSR count). The van der Waals surface area contributed by atoms with Gasteiger partial charge in [0, 0.05) is 32.0 Å². The van der Waals surface area contributed by atoms with Gasteiger partial charge in [0.2, 0.25) is 0 Å². The van der Waals surface area contributed by atoms with Gasteiger partial charge in [0.25, 0.3) is 5.91 Å². The maximum atomic E-state index is 12.8. The zero-order chi connectivity index (χ0) is 22.7. The molecular weight excluding hydrogens is 418 g/mol. The van der Waals surface area contributed by atoms with E-state index in [1.165, 1.54) is 12.1 Å². The summed E-state index contributed by atoms with van der Waals surface area (Å²) in [5.74, 6) is 2.43. The van der Waals surface area contributed by atoms with Crippen LogP contribution in [-0.4, -0.2) is 48.4 Å². The van der Waals surface area contributed by atoms with Crippen LogP contribution in [0.3, 0.4) is 0 Å². The summed E-state index contributed by atoms with van der Waals surface area (Å²) in [5, 5.41) is 17.8. The van der Waals surface area contributed by atoms with Gasteiger partial charge in [-0.2, -0.15) is 5.10 Å². The molecule has 4 atom stereocenters. The Morgan fingerprint density at radius 1 is 1.30 bits per heavy atom. The molecule has 172 valence electrons. The predicted molar refractivity (Wildman–Crippen MR) is 122 cm³/mol. The van der Waals surface area contributed by atoms with Crippen LogP contribution in [-0.2, 0) is 20.0 Å². The van der Waals surface area contributed by atoms with E-state index in [1.54, 1.807) is 30.3 Å². The number of fused-ring (bicyclic) bond motifs is 2. The van der Waals surface area contributed by atoms with Crippen LogP contribution in [0.4, 0.5) is 5.82 Å². The van der Waals surface area contributed by atoms with Crippen molar-refractivity contribution in [1.82, 2.24) is 29.6 Å². The Morgan fingerprint density at radius 3 is 2.91 bits per heavy atom. The fourth-order valence-corrected chi connectivity index (χ4v) is 5.36. The number of aliphatic hydroxyl groups is 1. The highest BCUT2D eigenvalue weighted by atomic mass is 16.3. The van der Waals surface area contributed by atoms with Crippen molar-refractivity contribution in [2.45, 2.75) is 44.9 Å². The topological polar surface area (TPSA) is 101 Å². The van der Waals surface area contributed by atoms with Gasteiger partial charge in [-0.3, -0.25) is 9.48 Å². The molecule has 0 aromatic carbocycles. The molecule has 3 aromatic heterocycles. The van der Waals surface area contributed by atoms with Gasteiger partial charge in [0.05, 0.1) is 48.2 Å². The normalized spacial score (nSPS) is 24.0. The van der Waals surface area contributed by atoms with Crippen LogP contribution in [0.15, 0.2) is 30.9 Å². The molecule has 4 heterocycles. The summed E-state index contributed by atoms with van der Waals surface area (Å²) in [4.78, 5) is 24.4. The van der Waals surface area contributed by atoms with Gasteiger partial charge in [-0.05, 0) is 49.7 Å². The molecule has 0 bridgehead atoms. The van der Waals surface area contributed by atoms with Gasteiger partial charge in [-0.15, -0.1) is 0 Å². The maximum Gasteiger partial charge on any atom is 0.255 e. The summed E-state index contributed by atoms with van der Waals surface area (Å²) in [6.45, 7) is 4.32. The van der Waals surface area contributed by atoms with Crippen LogP contribution < -0.4 is 10.2 Å². The molecule has 1 amide bonds. The number of imidazole rings is 1. The largest absolute Gasteiger partial charge is 0.387 e. The fraction of sp³-hybridized carbons (Fsp3) is 0.500. The number of anilines is 1. The van der Waals surface area contributed by atoms with Crippen molar-refractivity contribution in [2.24, 2.45) is 18.9 Å². The lowest BCUT2D eigenvalue weighted by Gasteiger charge is -2.21. The van der Waals surface area contributed by atoms with Crippen molar-refractivity contribution in [3.8, 4) is 0 Å². The zero-order valence-corrected chi connectivity index (χ0v) is 19.0. The number of amides is 1. The number of hydrogen-bond donors (Lipinski definition) is 2. The number of rotatable bonds is 6. The van der Waals surface area contributed by atoms with E-state index in [0.29, 0.717) is 17.8 Å². The summed E-state index contributed by atoms with van der Waals surface area (Å²) >= 11 is 0. The lowest BCUT2D eigenvalue weighted by atomic mass is 10.1. The maximum absolute atomic E-state index is 12.8. The van der Waals surface area contributed by atoms with Crippen LogP contribution in [0.25, 0.3) is 0 Å². The molecular formula is C24H29N7O2. The van der Waals surface area contributed by atoms with E-state index in [4.69, 9.17) is 4.98 Å². The molecule has 2 fully saturated rings. The van der Waals surface area contributed by atoms with Crippen LogP contribution in [0, 0.1) is 11.8 Å². The number of aromatic nitrogens is 5. The number of nitrogens with zero attached hydrogens (tertiary/aromatic N) is 6. The smallest absolute Gasteiger partial charge is 0.255 e. The van der Waals surface area contributed by atoms with Crippen molar-refractivity contribution in [2.75, 3.05) is 18.0 Å². The Balaban J connectivity index is 1.15. The molecule has 1 aliphatic heterocycles. The Morgan fingerprint density at radius 2 is 2.12 bits per heavy atom. The number of hydrogen-bond acceptors (Lipinski definition) is 6. The first kappa shape index (κ1) is 20.4. The summed E-state index contributed by atoms with van der Waals surface area (Å²) < 4.78 is 3.74. The first-order valence-corrected chi connectivity index (χ1v) is 11.7. The predicted octanol–water partition coefficient (Wildman–Crippen LogP) is 1.99. The van der Waals surface area contributed by atoms with E-state index < -0.39 is 6.10 Å². The molecule has 0 spiro atoms. The standard InChI is InChI=1S/C24H29N7O2/c1-14(32)22-15(3-6-21(28-22)30-9-16-7-17(16)10-30)11-31-12-18(8-26-31)24(33)27-19-4-5-20-23(19)25-13-29(20)2/h3,6,8,12-14,16-17,19,32H,4-5,7,9-11H2,1-2H3,(H,27,33)/t14?,16?,17?,19-/m1/s1. The number of aryl methyl sites for hydroxylation is 1. The molecule has 3 aromatic rings. The fourth-order valence-electron chi connectivity index (χ4n) is 5.36. The molecule has 1 saturated heterocycles. The molecule has 1 saturated carbocycles. The van der Waals surface area contributed by atoms with Crippen LogP contribution in [0.5, 0.6) is 0 Å². The van der Waals surface area contributed by atoms with Gasteiger partial charge >= 0.3 is 0 Å². The van der Waals surface area contributed by atoms with Crippen LogP contribution in [0.2, 0.25) is 0 Å². The van der Waals surface area contributed by atoms with Crippen molar-refractivity contribution >= 4 is 11.7 Å². The Bertz CT molecular complexity index is 1200. The first-order valence-electron chi connectivity index (χ1n) is 11.7. The van der Waals surface area contributed by atoms with Crippen LogP contribution >= 0.6 is 0 Å². The summed E-state index contributed by atoms with van der Waals surface area (Å²) in [6, 6.07) is 4.00. The number of carbonyl (C=O) groups is 1. The second kappa shape index (κ2) is 7.69. The molecule has 9 nitrogen and oxygen atoms in total. The Hall–Kier alpha value is -3.20. The third kappa shape index (κ3) is 3.70. The highest BCUT2D eigenvalue weighted by molar-refractivity contribution is 5.94. The minimum absolute atomic E-state index is 0.0627. The first-order chi connectivity index (χ1) is 16.0. The van der Waals surface area contributed by atoms with Gasteiger partial charge in [0.15, 0.2) is 0 Å². The number of nitrogens with one attached hydrogen (secondary N) is 1. The second-order valence-electron chi connectivity index (χ2n) is 9.73. The summed E-state index contributed by atoms with van der Waals surface area (Å²) in [6.07, 6.45) is 7.58. The average molecular weight is 448 g/mol. The van der Waals surface area contributed by atoms with E-state index in [2.05, 4.69) is 20.3 Å². The van der Waals surface area contributed by atoms with Crippen molar-refractivity contribution in [3.63, 3.8) is 0 Å². The highest BCUT2D eigenvalue weighted by Crippen LogP contribution is 2.46. The monoisotopic (exact) mass is 447 g/mol. The zero-order valence-electron chi connectivity index (χ0n) is 19.0. The van der Waals surface area contributed by atoms with E-state index in [-0.39, 0.29) is 11.9 Å². The molecule has 2 N–H and O–H groups in total. The third-order valence-corrected chi connectivity index (χ3v) is 7.32. The van der Waals surface area contributed by atoms with Gasteiger partial charge in [-0.1, -0.05) is 6.07 Å². The van der Waals surface area contributed by atoms with Crippen molar-refractivity contribution < 1.29 is 9.90 Å². The summed E-state index contributed by atoms with van der Waals surface area (Å²) in [7, 11) is 1.98. The van der Waals surface area contributed by atoms with Gasteiger partial charge in [-0.25, -0.2) is 9.97 Å². The lowest BCUT2D eigenvalue weighted by molar-refractivity contribution is 0.0936. The molecule has 2 aliphatic carbocycles. The van der Waals surface area contributed by atoms with E-state index >= 15 is 0 Å². The molecule has 3 aliphatic rings. The van der Waals surface area contributed by atoms with E-state index in [9.17, 15) is 9.90 Å². The number of pyridine rings is 1. The van der Waals surface area contributed by atoms with Crippen LogP contribution in [0.1, 0.15) is 64.9 Å². The number of piperidine rings is 1. The van der Waals surface area contributed by atoms with E-state index in [1.807, 2.05) is 23.7 Å². The lowest BCUT2D eigenvalue weighted by Crippen LogP contribution is -2.27. The van der Waals surface area contributed by atoms with E-state index in [0.717, 1.165) is 54.8 Å². The van der Waals surface area contributed by atoms with Gasteiger partial charge in [0.1, 0.15) is 5.82 Å². The highest BCUT2D eigenvalue weighted by Gasteiger charge is 2.45. The third-order valence-electron chi connectivity index (χ3n) is 7.32. The Labute approximate surface area is 192 Å². The van der Waals surface area contributed by atoms with Gasteiger partial charge < -0.3 is 19.9 Å². The quantitative estimate of drug-likeness (QED) is 0.599. The second-order valence-corrected chi connectivity index (χ2v) is 9.73. The molecule has 3 unspecified atom stereocenters. The Kier molecular flexibility index (Phi) is 4.76. The molecule has 0 radical (unpaired) electrons. The summed E-state index contributed by atoms with van der Waals surface area (Å²) in [5.41, 5.74) is 4.23. The van der Waals surface area contributed by atoms with Crippen molar-refractivity contribution in [1.29, 1.82) is 0 Å². The number of carbonyl (C=O) groups excluding carboxylic acids is 1. The average Bonchev–Trinajstić information content (AvgIpc) is 3.27. The molecule has 9 heteroatoms. The minimum atomic E-state index is -0.676. The molecule has 33 heavy (non-hydrogen) atoms. The van der Waals surface area contributed by atoms with Crippen molar-refractivity contribution in [3.05, 3.63) is 59.1 Å². The SMILES string of the molecule is CC(O)c1nc(N2CC3CC3C2)ccc1Cn1cc(C(=O)N[C@@H]2CCc3c2ncn3C)cn1. The number of aliphatic hydroxyl groups excluding tert-OH is 1.